The zero-order valence-electron chi connectivity index (χ0n) is 14.8. The van der Waals surface area contributed by atoms with E-state index < -0.39 is 0 Å². The predicted octanol–water partition coefficient (Wildman–Crippen LogP) is 1.56. The quantitative estimate of drug-likeness (QED) is 0.732. The maximum atomic E-state index is 12.5. The molecule has 1 aromatic carbocycles. The van der Waals surface area contributed by atoms with Crippen LogP contribution in [-0.4, -0.2) is 50.9 Å². The molecule has 3 heterocycles. The number of nitrogens with one attached hydrogen (secondary N) is 2. The highest BCUT2D eigenvalue weighted by Crippen LogP contribution is 2.19. The van der Waals surface area contributed by atoms with Gasteiger partial charge in [-0.1, -0.05) is 18.2 Å². The summed E-state index contributed by atoms with van der Waals surface area (Å²) in [4.78, 5) is 14.7. The number of amides is 1. The molecule has 0 aliphatic carbocycles. The topological polar surface area (TPSA) is 78.8 Å². The van der Waals surface area contributed by atoms with Gasteiger partial charge in [0.05, 0.1) is 11.9 Å². The molecule has 0 radical (unpaired) electrons. The third-order valence-corrected chi connectivity index (χ3v) is 4.70. The van der Waals surface area contributed by atoms with Crippen LogP contribution in [0.1, 0.15) is 27.3 Å². The summed E-state index contributed by atoms with van der Waals surface area (Å²) in [5.41, 5.74) is 4.73. The molecule has 2 N–H and O–H groups in total. The van der Waals surface area contributed by atoms with Gasteiger partial charge in [-0.3, -0.25) is 9.89 Å². The SMILES string of the molecule is CN1CCc2[nH]nc(C(=O)NCCc3cnn(-c4ccccc4)c3)c2C1. The van der Waals surface area contributed by atoms with E-state index in [0.29, 0.717) is 12.2 Å². The number of hydrogen-bond acceptors (Lipinski definition) is 4. The molecule has 4 rings (SSSR count). The average molecular weight is 350 g/mol. The molecule has 134 valence electrons. The third-order valence-electron chi connectivity index (χ3n) is 4.70. The van der Waals surface area contributed by atoms with Crippen LogP contribution >= 0.6 is 0 Å². The van der Waals surface area contributed by atoms with Crippen LogP contribution in [0.2, 0.25) is 0 Å². The summed E-state index contributed by atoms with van der Waals surface area (Å²) in [5, 5.41) is 14.6. The van der Waals surface area contributed by atoms with E-state index in [1.54, 1.807) is 0 Å². The number of carbonyl (C=O) groups is 1. The highest BCUT2D eigenvalue weighted by Gasteiger charge is 2.23. The van der Waals surface area contributed by atoms with Crippen molar-refractivity contribution >= 4 is 5.91 Å². The van der Waals surface area contributed by atoms with Gasteiger partial charge in [-0.2, -0.15) is 10.2 Å². The molecular weight excluding hydrogens is 328 g/mol. The van der Waals surface area contributed by atoms with E-state index in [1.165, 1.54) is 0 Å². The van der Waals surface area contributed by atoms with Gasteiger partial charge in [0.15, 0.2) is 5.69 Å². The highest BCUT2D eigenvalue weighted by atomic mass is 16.1. The van der Waals surface area contributed by atoms with Crippen molar-refractivity contribution in [2.75, 3.05) is 20.1 Å². The number of para-hydroxylation sites is 1. The van der Waals surface area contributed by atoms with E-state index >= 15 is 0 Å². The number of H-pyrrole nitrogens is 1. The van der Waals surface area contributed by atoms with Crippen LogP contribution in [0.25, 0.3) is 5.69 Å². The molecule has 0 unspecified atom stereocenters. The van der Waals surface area contributed by atoms with Gasteiger partial charge in [-0.15, -0.1) is 0 Å². The Balaban J connectivity index is 1.35. The average Bonchev–Trinajstić information content (AvgIpc) is 3.29. The van der Waals surface area contributed by atoms with Crippen molar-refractivity contribution in [1.29, 1.82) is 0 Å². The maximum Gasteiger partial charge on any atom is 0.272 e. The van der Waals surface area contributed by atoms with Crippen molar-refractivity contribution in [3.8, 4) is 5.69 Å². The first-order valence-corrected chi connectivity index (χ1v) is 8.82. The summed E-state index contributed by atoms with van der Waals surface area (Å²) < 4.78 is 1.84. The normalized spacial score (nSPS) is 14.2. The second-order valence-electron chi connectivity index (χ2n) is 6.65. The summed E-state index contributed by atoms with van der Waals surface area (Å²) in [6, 6.07) is 9.97. The number of nitrogens with zero attached hydrogens (tertiary/aromatic N) is 4. The van der Waals surface area contributed by atoms with E-state index in [1.807, 2.05) is 47.4 Å². The molecule has 0 bridgehead atoms. The van der Waals surface area contributed by atoms with Crippen molar-refractivity contribution < 1.29 is 4.79 Å². The molecule has 1 amide bonds. The summed E-state index contributed by atoms with van der Waals surface area (Å²) in [5.74, 6) is -0.117. The van der Waals surface area contributed by atoms with Crippen molar-refractivity contribution in [1.82, 2.24) is 30.2 Å². The first-order valence-electron chi connectivity index (χ1n) is 8.82. The van der Waals surface area contributed by atoms with Gasteiger partial charge in [-0.05, 0) is 31.2 Å². The lowest BCUT2D eigenvalue weighted by Crippen LogP contribution is -2.30. The van der Waals surface area contributed by atoms with Crippen molar-refractivity contribution in [3.05, 3.63) is 65.2 Å². The Bertz CT molecular complexity index is 898. The number of fused-ring (bicyclic) bond motifs is 1. The van der Waals surface area contributed by atoms with Gasteiger partial charge >= 0.3 is 0 Å². The molecule has 2 aromatic heterocycles. The number of benzene rings is 1. The second-order valence-corrected chi connectivity index (χ2v) is 6.65. The fourth-order valence-electron chi connectivity index (χ4n) is 3.23. The lowest BCUT2D eigenvalue weighted by atomic mass is 10.1. The molecule has 0 saturated heterocycles. The molecule has 1 aliphatic rings. The summed E-state index contributed by atoms with van der Waals surface area (Å²) in [6.07, 6.45) is 5.47. The zero-order valence-corrected chi connectivity index (χ0v) is 14.8. The Labute approximate surface area is 152 Å². The van der Waals surface area contributed by atoms with Gasteiger partial charge in [0.1, 0.15) is 0 Å². The number of aromatic amines is 1. The number of aromatic nitrogens is 4. The Kier molecular flexibility index (Phi) is 4.53. The van der Waals surface area contributed by atoms with Crippen molar-refractivity contribution in [2.45, 2.75) is 19.4 Å². The Morgan fingerprint density at radius 3 is 3.00 bits per heavy atom. The molecule has 26 heavy (non-hydrogen) atoms. The van der Waals surface area contributed by atoms with Gasteiger partial charge in [0.2, 0.25) is 0 Å². The van der Waals surface area contributed by atoms with Crippen LogP contribution in [0.4, 0.5) is 0 Å². The number of carbonyl (C=O) groups excluding carboxylic acids is 1. The standard InChI is InChI=1S/C19H22N6O/c1-24-10-8-17-16(13-24)18(23-22-17)19(26)20-9-7-14-11-21-25(12-14)15-5-3-2-4-6-15/h2-6,11-12H,7-10,13H2,1H3,(H,20,26)(H,22,23). The number of likely N-dealkylation sites (N-methyl/N-ethyl adjacent to an activating group) is 1. The first kappa shape index (κ1) is 16.5. The molecule has 1 aliphatic heterocycles. The fourth-order valence-corrected chi connectivity index (χ4v) is 3.23. The number of hydrogen-bond donors (Lipinski definition) is 2. The second kappa shape index (κ2) is 7.13. The monoisotopic (exact) mass is 350 g/mol. The van der Waals surface area contributed by atoms with Gasteiger partial charge in [0, 0.05) is 43.5 Å². The Morgan fingerprint density at radius 1 is 1.31 bits per heavy atom. The van der Waals surface area contributed by atoms with Gasteiger partial charge in [0.25, 0.3) is 5.91 Å². The zero-order chi connectivity index (χ0) is 17.9. The summed E-state index contributed by atoms with van der Waals surface area (Å²) in [7, 11) is 2.06. The third kappa shape index (κ3) is 3.39. The smallest absolute Gasteiger partial charge is 0.272 e. The minimum absolute atomic E-state index is 0.117. The minimum Gasteiger partial charge on any atom is -0.350 e. The highest BCUT2D eigenvalue weighted by molar-refractivity contribution is 5.94. The maximum absolute atomic E-state index is 12.5. The first-order chi connectivity index (χ1) is 12.7. The molecule has 7 heteroatoms. The van der Waals surface area contributed by atoms with E-state index in [-0.39, 0.29) is 5.91 Å². The van der Waals surface area contributed by atoms with Crippen LogP contribution in [0.3, 0.4) is 0 Å². The van der Waals surface area contributed by atoms with Crippen LogP contribution in [0, 0.1) is 0 Å². The predicted molar refractivity (Wildman–Crippen MR) is 98.2 cm³/mol. The molecule has 3 aromatic rings. The molecule has 0 saturated carbocycles. The van der Waals surface area contributed by atoms with E-state index in [4.69, 9.17) is 0 Å². The largest absolute Gasteiger partial charge is 0.350 e. The summed E-state index contributed by atoms with van der Waals surface area (Å²) >= 11 is 0. The van der Waals surface area contributed by atoms with Crippen LogP contribution in [-0.2, 0) is 19.4 Å². The van der Waals surface area contributed by atoms with E-state index in [0.717, 1.165) is 48.4 Å². The molecule has 7 nitrogen and oxygen atoms in total. The van der Waals surface area contributed by atoms with Crippen molar-refractivity contribution in [2.24, 2.45) is 0 Å². The van der Waals surface area contributed by atoms with E-state index in [2.05, 4.69) is 32.6 Å². The molecule has 0 spiro atoms. The Hall–Kier alpha value is -2.93. The molecule has 0 fully saturated rings. The lowest BCUT2D eigenvalue weighted by molar-refractivity contribution is 0.0947. The fraction of sp³-hybridized carbons (Fsp3) is 0.316. The van der Waals surface area contributed by atoms with Crippen molar-refractivity contribution in [3.63, 3.8) is 0 Å². The molecule has 0 atom stereocenters. The van der Waals surface area contributed by atoms with E-state index in [9.17, 15) is 4.79 Å². The number of rotatable bonds is 5. The minimum atomic E-state index is -0.117. The van der Waals surface area contributed by atoms with Gasteiger partial charge < -0.3 is 10.2 Å². The van der Waals surface area contributed by atoms with Crippen LogP contribution in [0.15, 0.2) is 42.7 Å². The van der Waals surface area contributed by atoms with Crippen LogP contribution < -0.4 is 5.32 Å². The van der Waals surface area contributed by atoms with Crippen LogP contribution in [0.5, 0.6) is 0 Å². The summed E-state index contributed by atoms with van der Waals surface area (Å²) in [6.45, 7) is 2.30. The Morgan fingerprint density at radius 2 is 2.15 bits per heavy atom. The molecular formula is C19H22N6O. The van der Waals surface area contributed by atoms with Gasteiger partial charge in [-0.25, -0.2) is 4.68 Å². The lowest BCUT2D eigenvalue weighted by Gasteiger charge is -2.22.